The number of thiophene rings is 1. The summed E-state index contributed by atoms with van der Waals surface area (Å²) >= 11 is 1.50. The van der Waals surface area contributed by atoms with Crippen LogP contribution in [0, 0.1) is 6.92 Å². The number of anilines is 2. The number of benzene rings is 2. The van der Waals surface area contributed by atoms with Crippen LogP contribution in [0.15, 0.2) is 66.0 Å². The van der Waals surface area contributed by atoms with Gasteiger partial charge in [-0.3, -0.25) is 9.59 Å². The van der Waals surface area contributed by atoms with Crippen molar-refractivity contribution in [2.24, 2.45) is 0 Å². The maximum absolute atomic E-state index is 13.4. The molecule has 9 heteroatoms. The van der Waals surface area contributed by atoms with Crippen LogP contribution >= 0.6 is 11.3 Å². The molecule has 0 aliphatic heterocycles. The molecule has 2 heterocycles. The number of aromatic nitrogens is 4. The fourth-order valence-electron chi connectivity index (χ4n) is 3.13. The minimum absolute atomic E-state index is 0.184. The zero-order valence-corrected chi connectivity index (χ0v) is 18.3. The second-order valence-corrected chi connectivity index (χ2v) is 7.92. The lowest BCUT2D eigenvalue weighted by Crippen LogP contribution is -2.20. The third kappa shape index (κ3) is 4.62. The molecule has 0 aliphatic carbocycles. The molecule has 2 amide bonds. The predicted octanol–water partition coefficient (Wildman–Crippen LogP) is 4.31. The quantitative estimate of drug-likeness (QED) is 0.432. The fraction of sp³-hybridized carbons (Fsp3) is 0.0870. The molecule has 32 heavy (non-hydrogen) atoms. The number of tetrazole rings is 1. The molecule has 0 saturated carbocycles. The zero-order chi connectivity index (χ0) is 22.5. The van der Waals surface area contributed by atoms with Gasteiger partial charge in [-0.15, -0.1) is 16.4 Å². The number of rotatable bonds is 6. The molecule has 0 aliphatic rings. The van der Waals surface area contributed by atoms with E-state index in [2.05, 4.69) is 26.2 Å². The Kier molecular flexibility index (Phi) is 6.18. The van der Waals surface area contributed by atoms with Gasteiger partial charge in [-0.2, -0.15) is 4.68 Å². The maximum Gasteiger partial charge on any atom is 0.274 e. The van der Waals surface area contributed by atoms with E-state index in [1.807, 2.05) is 54.8 Å². The van der Waals surface area contributed by atoms with Crippen molar-refractivity contribution in [3.05, 3.63) is 76.5 Å². The molecule has 2 N–H and O–H groups in total. The highest BCUT2D eigenvalue weighted by Crippen LogP contribution is 2.26. The largest absolute Gasteiger partial charge is 0.326 e. The summed E-state index contributed by atoms with van der Waals surface area (Å²) in [5.74, 6) is -0.116. The molecule has 0 radical (unpaired) electrons. The summed E-state index contributed by atoms with van der Waals surface area (Å²) in [6, 6.07) is 18.6. The monoisotopic (exact) mass is 444 g/mol. The number of amides is 2. The number of hydrogen-bond donors (Lipinski definition) is 2. The van der Waals surface area contributed by atoms with Crippen molar-refractivity contribution in [2.75, 3.05) is 10.6 Å². The van der Waals surface area contributed by atoms with Crippen LogP contribution in [0.2, 0.25) is 0 Å². The van der Waals surface area contributed by atoms with Gasteiger partial charge < -0.3 is 10.6 Å². The van der Waals surface area contributed by atoms with Gasteiger partial charge in [-0.1, -0.05) is 42.5 Å². The number of carbonyl (C=O) groups excluding carboxylic acids is 2. The van der Waals surface area contributed by atoms with Gasteiger partial charge in [0.1, 0.15) is 5.70 Å². The second-order valence-electron chi connectivity index (χ2n) is 6.94. The van der Waals surface area contributed by atoms with Crippen molar-refractivity contribution < 1.29 is 9.59 Å². The lowest BCUT2D eigenvalue weighted by molar-refractivity contribution is -0.114. The third-order valence-corrected chi connectivity index (χ3v) is 5.50. The van der Waals surface area contributed by atoms with E-state index >= 15 is 0 Å². The average Bonchev–Trinajstić information content (AvgIpc) is 3.47. The van der Waals surface area contributed by atoms with Crippen LogP contribution in [0.4, 0.5) is 11.4 Å². The second kappa shape index (κ2) is 9.36. The van der Waals surface area contributed by atoms with Crippen LogP contribution in [-0.2, 0) is 9.59 Å². The van der Waals surface area contributed by atoms with Crippen molar-refractivity contribution in [3.8, 4) is 11.4 Å². The third-order valence-electron chi connectivity index (χ3n) is 4.68. The molecule has 0 unspecified atom stereocenters. The summed E-state index contributed by atoms with van der Waals surface area (Å²) in [7, 11) is 0. The Balaban J connectivity index is 1.73. The molecule has 4 aromatic rings. The summed E-state index contributed by atoms with van der Waals surface area (Å²) in [5.41, 5.74) is 3.00. The van der Waals surface area contributed by atoms with Crippen LogP contribution in [0.5, 0.6) is 0 Å². The van der Waals surface area contributed by atoms with E-state index < -0.39 is 0 Å². The molecule has 2 aromatic carbocycles. The summed E-state index contributed by atoms with van der Waals surface area (Å²) < 4.78 is 1.43. The van der Waals surface area contributed by atoms with Crippen molar-refractivity contribution in [1.29, 1.82) is 0 Å². The standard InChI is InChI=1S/C23H20N6O2S/c1-15-19(24-16(2)30)11-6-12-20(15)25-23(31)21(14-18-10-7-13-32-18)29-22(26-27-28-29)17-8-4-3-5-9-17/h3-14H,1-2H3,(H,24,30)(H,25,31). The Hall–Kier alpha value is -4.11. The minimum Gasteiger partial charge on any atom is -0.326 e. The normalized spacial score (nSPS) is 11.2. The van der Waals surface area contributed by atoms with Gasteiger partial charge >= 0.3 is 0 Å². The number of carbonyl (C=O) groups is 2. The molecule has 0 spiro atoms. The summed E-state index contributed by atoms with van der Waals surface area (Å²) in [6.07, 6.45) is 1.75. The van der Waals surface area contributed by atoms with Crippen LogP contribution < -0.4 is 10.6 Å². The first-order valence-electron chi connectivity index (χ1n) is 9.81. The highest BCUT2D eigenvalue weighted by molar-refractivity contribution is 7.10. The Morgan fingerprint density at radius 3 is 2.41 bits per heavy atom. The molecule has 160 valence electrons. The summed E-state index contributed by atoms with van der Waals surface area (Å²) in [5, 5.41) is 19.7. The Bertz CT molecular complexity index is 1280. The van der Waals surface area contributed by atoms with Crippen LogP contribution in [-0.4, -0.2) is 32.0 Å². The first-order valence-corrected chi connectivity index (χ1v) is 10.7. The summed E-state index contributed by atoms with van der Waals surface area (Å²) in [4.78, 5) is 25.8. The van der Waals surface area contributed by atoms with Gasteiger partial charge in [0.05, 0.1) is 0 Å². The molecule has 0 atom stereocenters. The van der Waals surface area contributed by atoms with E-state index in [1.54, 1.807) is 24.3 Å². The number of nitrogens with one attached hydrogen (secondary N) is 2. The molecule has 4 rings (SSSR count). The smallest absolute Gasteiger partial charge is 0.274 e. The van der Waals surface area contributed by atoms with Gasteiger partial charge in [-0.05, 0) is 52.6 Å². The number of nitrogens with zero attached hydrogens (tertiary/aromatic N) is 4. The fourth-order valence-corrected chi connectivity index (χ4v) is 3.78. The van der Waals surface area contributed by atoms with Crippen molar-refractivity contribution in [1.82, 2.24) is 20.2 Å². The van der Waals surface area contributed by atoms with E-state index in [0.717, 1.165) is 16.0 Å². The lowest BCUT2D eigenvalue weighted by atomic mass is 10.1. The topological polar surface area (TPSA) is 102 Å². The molecule has 2 aromatic heterocycles. The Morgan fingerprint density at radius 2 is 1.72 bits per heavy atom. The predicted molar refractivity (Wildman–Crippen MR) is 126 cm³/mol. The summed E-state index contributed by atoms with van der Waals surface area (Å²) in [6.45, 7) is 3.27. The van der Waals surface area contributed by atoms with Gasteiger partial charge in [0, 0.05) is 28.7 Å². The Morgan fingerprint density at radius 1 is 0.969 bits per heavy atom. The first-order chi connectivity index (χ1) is 15.5. The SMILES string of the molecule is CC(=O)Nc1cccc(NC(=O)C(=Cc2cccs2)n2nnnc2-c2ccccc2)c1C. The van der Waals surface area contributed by atoms with Gasteiger partial charge in [0.15, 0.2) is 5.82 Å². The Labute approximate surface area is 188 Å². The highest BCUT2D eigenvalue weighted by atomic mass is 32.1. The van der Waals surface area contributed by atoms with Crippen LogP contribution in [0.1, 0.15) is 17.4 Å². The van der Waals surface area contributed by atoms with Crippen LogP contribution in [0.3, 0.4) is 0 Å². The van der Waals surface area contributed by atoms with Gasteiger partial charge in [0.2, 0.25) is 5.91 Å². The van der Waals surface area contributed by atoms with Crippen LogP contribution in [0.25, 0.3) is 23.2 Å². The molecular formula is C23H20N6O2S. The maximum atomic E-state index is 13.4. The van der Waals surface area contributed by atoms with E-state index in [0.29, 0.717) is 17.2 Å². The molecule has 8 nitrogen and oxygen atoms in total. The highest BCUT2D eigenvalue weighted by Gasteiger charge is 2.20. The zero-order valence-electron chi connectivity index (χ0n) is 17.4. The van der Waals surface area contributed by atoms with Gasteiger partial charge in [0.25, 0.3) is 5.91 Å². The lowest BCUT2D eigenvalue weighted by Gasteiger charge is -2.14. The van der Waals surface area contributed by atoms with E-state index in [-0.39, 0.29) is 17.5 Å². The van der Waals surface area contributed by atoms with Crippen molar-refractivity contribution >= 4 is 46.3 Å². The van der Waals surface area contributed by atoms with E-state index in [4.69, 9.17) is 0 Å². The minimum atomic E-state index is -0.383. The molecule has 0 bridgehead atoms. The first kappa shape index (κ1) is 21.1. The van der Waals surface area contributed by atoms with E-state index in [1.165, 1.54) is 22.9 Å². The average molecular weight is 445 g/mol. The van der Waals surface area contributed by atoms with Crippen molar-refractivity contribution in [3.63, 3.8) is 0 Å². The molecule has 0 fully saturated rings. The molecular weight excluding hydrogens is 424 g/mol. The van der Waals surface area contributed by atoms with E-state index in [9.17, 15) is 9.59 Å². The van der Waals surface area contributed by atoms with Crippen molar-refractivity contribution in [2.45, 2.75) is 13.8 Å². The molecule has 0 saturated heterocycles. The number of hydrogen-bond acceptors (Lipinski definition) is 6. The van der Waals surface area contributed by atoms with Gasteiger partial charge in [-0.25, -0.2) is 0 Å².